The summed E-state index contributed by atoms with van der Waals surface area (Å²) in [5.74, 6) is -0.282. The summed E-state index contributed by atoms with van der Waals surface area (Å²) in [4.78, 5) is 45.1. The molecule has 45 heavy (non-hydrogen) atoms. The van der Waals surface area contributed by atoms with Gasteiger partial charge in [0.2, 0.25) is 11.8 Å². The summed E-state index contributed by atoms with van der Waals surface area (Å²) in [5.41, 5.74) is 3.92. The molecule has 2 atom stereocenters. The van der Waals surface area contributed by atoms with Crippen LogP contribution in [0.5, 0.6) is 0 Å². The molecule has 2 N–H and O–H groups in total. The molecule has 2 aliphatic heterocycles. The van der Waals surface area contributed by atoms with Crippen LogP contribution >= 0.6 is 0 Å². The SMILES string of the molecule is C=CCN(C(=O)NCc1ccccc1)N1CC(=O)N2[C@@H](Cc3ccc(NC)cc3)C(=O)N(Cc3cccc4ccccc34)C[C@@H]21. The highest BCUT2D eigenvalue weighted by Gasteiger charge is 2.52. The first-order chi connectivity index (χ1) is 22.0. The first-order valence-corrected chi connectivity index (χ1v) is 15.3. The fourth-order valence-corrected chi connectivity index (χ4v) is 6.35. The van der Waals surface area contributed by atoms with Crippen molar-refractivity contribution in [2.45, 2.75) is 31.7 Å². The van der Waals surface area contributed by atoms with Crippen LogP contribution in [0.1, 0.15) is 16.7 Å². The number of hydrogen-bond donors (Lipinski definition) is 2. The number of piperazine rings is 1. The van der Waals surface area contributed by atoms with E-state index >= 15 is 0 Å². The highest BCUT2D eigenvalue weighted by atomic mass is 16.2. The zero-order valence-corrected chi connectivity index (χ0v) is 25.4. The largest absolute Gasteiger partial charge is 0.388 e. The molecule has 9 nitrogen and oxygen atoms in total. The van der Waals surface area contributed by atoms with Crippen LogP contribution in [-0.4, -0.2) is 76.6 Å². The number of amides is 4. The van der Waals surface area contributed by atoms with Gasteiger partial charge >= 0.3 is 6.03 Å². The van der Waals surface area contributed by atoms with Gasteiger partial charge in [0.05, 0.1) is 19.6 Å². The molecular weight excluding hydrogens is 564 g/mol. The molecule has 0 saturated carbocycles. The molecule has 0 aliphatic carbocycles. The van der Waals surface area contributed by atoms with E-state index in [0.29, 0.717) is 19.5 Å². The molecule has 2 saturated heterocycles. The van der Waals surface area contributed by atoms with Gasteiger partial charge in [-0.2, -0.15) is 5.01 Å². The van der Waals surface area contributed by atoms with Gasteiger partial charge < -0.3 is 20.4 Å². The number of carbonyl (C=O) groups is 3. The number of fused-ring (bicyclic) bond motifs is 2. The predicted molar refractivity (Wildman–Crippen MR) is 176 cm³/mol. The first-order valence-electron chi connectivity index (χ1n) is 15.3. The van der Waals surface area contributed by atoms with E-state index in [1.807, 2.05) is 90.8 Å². The average molecular weight is 603 g/mol. The Morgan fingerprint density at radius 3 is 2.42 bits per heavy atom. The normalized spacial score (nSPS) is 18.2. The van der Waals surface area contributed by atoms with E-state index in [4.69, 9.17) is 0 Å². The Kier molecular flexibility index (Phi) is 8.79. The van der Waals surface area contributed by atoms with E-state index in [2.05, 4.69) is 35.4 Å². The topological polar surface area (TPSA) is 88.2 Å². The van der Waals surface area contributed by atoms with E-state index in [0.717, 1.165) is 33.2 Å². The van der Waals surface area contributed by atoms with Crippen LogP contribution in [0.2, 0.25) is 0 Å². The van der Waals surface area contributed by atoms with Gasteiger partial charge in [-0.05, 0) is 39.6 Å². The number of hydrazine groups is 1. The Labute approximate surface area is 263 Å². The lowest BCUT2D eigenvalue weighted by Crippen LogP contribution is -2.66. The van der Waals surface area contributed by atoms with Crippen molar-refractivity contribution in [1.29, 1.82) is 0 Å². The maximum Gasteiger partial charge on any atom is 0.332 e. The van der Waals surface area contributed by atoms with Crippen LogP contribution in [0.4, 0.5) is 10.5 Å². The summed E-state index contributed by atoms with van der Waals surface area (Å²) in [6.07, 6.45) is 1.50. The third kappa shape index (κ3) is 6.25. The predicted octanol–water partition coefficient (Wildman–Crippen LogP) is 4.62. The zero-order chi connectivity index (χ0) is 31.3. The number of nitrogens with one attached hydrogen (secondary N) is 2. The Morgan fingerprint density at radius 1 is 0.933 bits per heavy atom. The number of anilines is 1. The van der Waals surface area contributed by atoms with Gasteiger partial charge in [-0.3, -0.25) is 14.6 Å². The fraction of sp³-hybridized carbons (Fsp3) is 0.250. The minimum Gasteiger partial charge on any atom is -0.388 e. The maximum atomic E-state index is 14.3. The lowest BCUT2D eigenvalue weighted by atomic mass is 9.98. The second kappa shape index (κ2) is 13.2. The molecule has 2 heterocycles. The number of carbonyl (C=O) groups excluding carboxylic acids is 3. The number of hydrogen-bond acceptors (Lipinski definition) is 5. The van der Waals surface area contributed by atoms with Crippen LogP contribution in [0, 0.1) is 0 Å². The third-order valence-corrected chi connectivity index (χ3v) is 8.61. The Balaban J connectivity index is 1.32. The van der Waals surface area contributed by atoms with E-state index in [9.17, 15) is 14.4 Å². The van der Waals surface area contributed by atoms with Gasteiger partial charge in [-0.25, -0.2) is 4.79 Å². The van der Waals surface area contributed by atoms with Crippen LogP contribution in [0.25, 0.3) is 10.8 Å². The zero-order valence-electron chi connectivity index (χ0n) is 25.4. The van der Waals surface area contributed by atoms with Crippen molar-refractivity contribution in [3.05, 3.63) is 126 Å². The van der Waals surface area contributed by atoms with Crippen molar-refractivity contribution < 1.29 is 14.4 Å². The second-order valence-electron chi connectivity index (χ2n) is 11.4. The van der Waals surface area contributed by atoms with Gasteiger partial charge in [0, 0.05) is 32.2 Å². The second-order valence-corrected chi connectivity index (χ2v) is 11.4. The Hall–Kier alpha value is -5.15. The van der Waals surface area contributed by atoms with Crippen molar-refractivity contribution >= 4 is 34.3 Å². The quantitative estimate of drug-likeness (QED) is 0.259. The summed E-state index contributed by atoms with van der Waals surface area (Å²) >= 11 is 0. The molecule has 2 fully saturated rings. The van der Waals surface area contributed by atoms with E-state index in [1.54, 1.807) is 21.0 Å². The standard InChI is InChI=1S/C36H38N6O3/c1-3-20-40(36(45)38-22-27-10-5-4-6-11-27)41-25-34(43)42-32(21-26-16-18-30(37-2)19-17-26)35(44)39(24-33(41)42)23-29-14-9-13-28-12-7-8-15-31(28)29/h3-19,32-33,37H,1,20-25H2,2H3,(H,38,45)/t32-,33+/m0/s1. The molecular formula is C36H38N6O3. The van der Waals surface area contributed by atoms with Crippen molar-refractivity contribution in [3.63, 3.8) is 0 Å². The average Bonchev–Trinajstić information content (AvgIpc) is 3.40. The molecule has 0 unspecified atom stereocenters. The molecule has 9 heteroatoms. The minimum atomic E-state index is -0.713. The highest BCUT2D eigenvalue weighted by molar-refractivity contribution is 5.92. The van der Waals surface area contributed by atoms with Crippen molar-refractivity contribution in [3.8, 4) is 0 Å². The van der Waals surface area contributed by atoms with Crippen LogP contribution < -0.4 is 10.6 Å². The molecule has 0 bridgehead atoms. The van der Waals surface area contributed by atoms with E-state index in [-0.39, 0.29) is 37.5 Å². The van der Waals surface area contributed by atoms with Crippen LogP contribution in [-0.2, 0) is 29.1 Å². The molecule has 4 aromatic rings. The van der Waals surface area contributed by atoms with Crippen LogP contribution in [0.15, 0.2) is 110 Å². The molecule has 0 spiro atoms. The fourth-order valence-electron chi connectivity index (χ4n) is 6.35. The molecule has 0 radical (unpaired) electrons. The minimum absolute atomic E-state index is 0.0121. The summed E-state index contributed by atoms with van der Waals surface area (Å²) in [5, 5.41) is 11.6. The Bertz CT molecular complexity index is 1690. The van der Waals surface area contributed by atoms with Gasteiger partial charge in [-0.1, -0.05) is 91.0 Å². The van der Waals surface area contributed by atoms with Crippen molar-refractivity contribution in [1.82, 2.24) is 25.1 Å². The molecule has 2 aliphatic rings. The van der Waals surface area contributed by atoms with Gasteiger partial charge in [0.15, 0.2) is 0 Å². The summed E-state index contributed by atoms with van der Waals surface area (Å²) < 4.78 is 0. The summed E-state index contributed by atoms with van der Waals surface area (Å²) in [6, 6.07) is 30.8. The van der Waals surface area contributed by atoms with Crippen LogP contribution in [0.3, 0.4) is 0 Å². The van der Waals surface area contributed by atoms with Gasteiger partial charge in [0.25, 0.3) is 0 Å². The van der Waals surface area contributed by atoms with E-state index in [1.165, 1.54) is 0 Å². The first kappa shape index (κ1) is 29.9. The van der Waals surface area contributed by atoms with Gasteiger partial charge in [-0.15, -0.1) is 6.58 Å². The van der Waals surface area contributed by atoms with Gasteiger partial charge in [0.1, 0.15) is 12.2 Å². The van der Waals surface area contributed by atoms with Crippen molar-refractivity contribution in [2.24, 2.45) is 0 Å². The molecule has 0 aromatic heterocycles. The monoisotopic (exact) mass is 602 g/mol. The van der Waals surface area contributed by atoms with Crippen molar-refractivity contribution in [2.75, 3.05) is 32.0 Å². The third-order valence-electron chi connectivity index (χ3n) is 8.61. The highest BCUT2D eigenvalue weighted by Crippen LogP contribution is 2.31. The number of urea groups is 1. The number of rotatable bonds is 10. The molecule has 4 aromatic carbocycles. The molecule has 6 rings (SSSR count). The summed E-state index contributed by atoms with van der Waals surface area (Å²) in [7, 11) is 1.86. The number of nitrogens with zero attached hydrogens (tertiary/aromatic N) is 4. The summed E-state index contributed by atoms with van der Waals surface area (Å²) in [6.45, 7) is 5.08. The lowest BCUT2D eigenvalue weighted by molar-refractivity contribution is -0.157. The Morgan fingerprint density at radius 2 is 1.67 bits per heavy atom. The molecule has 4 amide bonds. The lowest BCUT2D eigenvalue weighted by Gasteiger charge is -2.46. The number of benzene rings is 4. The molecule has 230 valence electrons. The maximum absolute atomic E-state index is 14.3. The van der Waals surface area contributed by atoms with E-state index < -0.39 is 12.2 Å². The smallest absolute Gasteiger partial charge is 0.332 e.